The third kappa shape index (κ3) is 2.56. The fraction of sp³-hybridized carbons (Fsp3) is 0.125. The SMILES string of the molecule is COC(=O)c1ccc2nnn(OCc3nc4ccccc4s3)c2c1. The minimum Gasteiger partial charge on any atom is -0.465 e. The Balaban J connectivity index is 1.60. The van der Waals surface area contributed by atoms with Gasteiger partial charge in [-0.3, -0.25) is 0 Å². The highest BCUT2D eigenvalue weighted by Gasteiger charge is 2.12. The Bertz CT molecular complexity index is 1010. The van der Waals surface area contributed by atoms with Crippen molar-refractivity contribution in [2.24, 2.45) is 0 Å². The molecule has 2 aromatic carbocycles. The number of nitrogens with zero attached hydrogens (tertiary/aromatic N) is 4. The second kappa shape index (κ2) is 5.89. The predicted molar refractivity (Wildman–Crippen MR) is 88.8 cm³/mol. The van der Waals surface area contributed by atoms with Gasteiger partial charge in [0.05, 0.1) is 22.9 Å². The van der Waals surface area contributed by atoms with Crippen molar-refractivity contribution in [2.45, 2.75) is 6.61 Å². The molecule has 0 saturated heterocycles. The molecule has 0 aliphatic rings. The Kier molecular flexibility index (Phi) is 3.58. The van der Waals surface area contributed by atoms with Crippen molar-refractivity contribution in [1.82, 2.24) is 20.1 Å². The van der Waals surface area contributed by atoms with Gasteiger partial charge in [0.25, 0.3) is 0 Å². The molecule has 2 aromatic heterocycles. The van der Waals surface area contributed by atoms with Crippen LogP contribution in [0.1, 0.15) is 15.4 Å². The van der Waals surface area contributed by atoms with Crippen LogP contribution >= 0.6 is 11.3 Å². The average molecular weight is 340 g/mol. The highest BCUT2D eigenvalue weighted by Crippen LogP contribution is 2.22. The Labute approximate surface area is 140 Å². The molecule has 0 saturated carbocycles. The Hall–Kier alpha value is -3.00. The predicted octanol–water partition coefficient (Wildman–Crippen LogP) is 2.46. The van der Waals surface area contributed by atoms with E-state index in [-0.39, 0.29) is 6.61 Å². The molecule has 8 heteroatoms. The number of esters is 1. The highest BCUT2D eigenvalue weighted by atomic mass is 32.1. The summed E-state index contributed by atoms with van der Waals surface area (Å²) in [5, 5.41) is 8.82. The van der Waals surface area contributed by atoms with E-state index in [9.17, 15) is 4.79 Å². The number of hydrogen-bond acceptors (Lipinski definition) is 7. The van der Waals surface area contributed by atoms with Crippen molar-refractivity contribution in [2.75, 3.05) is 7.11 Å². The molecule has 4 rings (SSSR count). The Morgan fingerprint density at radius 3 is 2.92 bits per heavy atom. The van der Waals surface area contributed by atoms with Gasteiger partial charge in [0, 0.05) is 0 Å². The largest absolute Gasteiger partial charge is 0.465 e. The fourth-order valence-electron chi connectivity index (χ4n) is 2.34. The second-order valence-electron chi connectivity index (χ2n) is 5.01. The summed E-state index contributed by atoms with van der Waals surface area (Å²) in [6.07, 6.45) is 0. The first-order chi connectivity index (χ1) is 11.7. The topological polar surface area (TPSA) is 79.1 Å². The molecule has 0 amide bonds. The van der Waals surface area contributed by atoms with Gasteiger partial charge in [-0.2, -0.15) is 0 Å². The van der Waals surface area contributed by atoms with Crippen molar-refractivity contribution in [3.8, 4) is 0 Å². The molecule has 0 unspecified atom stereocenters. The van der Waals surface area contributed by atoms with E-state index >= 15 is 0 Å². The van der Waals surface area contributed by atoms with E-state index in [4.69, 9.17) is 9.57 Å². The van der Waals surface area contributed by atoms with Gasteiger partial charge in [-0.15, -0.1) is 16.4 Å². The number of ether oxygens (including phenoxy) is 1. The van der Waals surface area contributed by atoms with Crippen LogP contribution in [-0.4, -0.2) is 33.2 Å². The number of rotatable bonds is 4. The van der Waals surface area contributed by atoms with E-state index in [0.29, 0.717) is 16.6 Å². The van der Waals surface area contributed by atoms with Crippen LogP contribution in [-0.2, 0) is 11.3 Å². The number of thiazole rings is 1. The molecule has 7 nitrogen and oxygen atoms in total. The van der Waals surface area contributed by atoms with Gasteiger partial charge in [0.15, 0.2) is 6.61 Å². The van der Waals surface area contributed by atoms with Gasteiger partial charge >= 0.3 is 5.97 Å². The van der Waals surface area contributed by atoms with Crippen LogP contribution in [0, 0.1) is 0 Å². The lowest BCUT2D eigenvalue weighted by molar-refractivity contribution is 0.0600. The molecule has 0 fully saturated rings. The Morgan fingerprint density at radius 1 is 1.21 bits per heavy atom. The molecule has 0 N–H and O–H groups in total. The summed E-state index contributed by atoms with van der Waals surface area (Å²) >= 11 is 1.56. The summed E-state index contributed by atoms with van der Waals surface area (Å²) in [6, 6.07) is 12.9. The van der Waals surface area contributed by atoms with Crippen molar-refractivity contribution in [3.63, 3.8) is 0 Å². The molecule has 24 heavy (non-hydrogen) atoms. The maximum Gasteiger partial charge on any atom is 0.337 e. The zero-order chi connectivity index (χ0) is 16.5. The zero-order valence-electron chi connectivity index (χ0n) is 12.7. The number of hydrogen-bond donors (Lipinski definition) is 0. The Morgan fingerprint density at radius 2 is 2.08 bits per heavy atom. The first-order valence-corrected chi connectivity index (χ1v) is 7.98. The van der Waals surface area contributed by atoms with Crippen molar-refractivity contribution >= 4 is 38.6 Å². The van der Waals surface area contributed by atoms with Crippen molar-refractivity contribution in [3.05, 3.63) is 53.0 Å². The standard InChI is InChI=1S/C16H12N4O3S/c1-22-16(21)10-6-7-11-13(8-10)20(19-18-11)23-9-15-17-12-4-2-3-5-14(12)24-15/h2-8H,9H2,1H3. The molecule has 2 heterocycles. The third-order valence-corrected chi connectivity index (χ3v) is 4.49. The molecule has 0 bridgehead atoms. The van der Waals surface area contributed by atoms with Gasteiger partial charge in [0.2, 0.25) is 0 Å². The van der Waals surface area contributed by atoms with Crippen LogP contribution < -0.4 is 4.84 Å². The van der Waals surface area contributed by atoms with E-state index in [1.165, 1.54) is 12.0 Å². The number of para-hydroxylation sites is 1. The molecule has 120 valence electrons. The van der Waals surface area contributed by atoms with Gasteiger partial charge in [-0.05, 0) is 35.5 Å². The monoisotopic (exact) mass is 340 g/mol. The summed E-state index contributed by atoms with van der Waals surface area (Å²) in [4.78, 5) is 23.1. The summed E-state index contributed by atoms with van der Waals surface area (Å²) in [7, 11) is 1.34. The number of aromatic nitrogens is 4. The zero-order valence-corrected chi connectivity index (χ0v) is 13.5. The lowest BCUT2D eigenvalue weighted by atomic mass is 10.2. The molecule has 0 aliphatic carbocycles. The molecular weight excluding hydrogens is 328 g/mol. The molecule has 0 spiro atoms. The third-order valence-electron chi connectivity index (χ3n) is 3.48. The molecule has 0 atom stereocenters. The van der Waals surface area contributed by atoms with Crippen LogP contribution in [0.5, 0.6) is 0 Å². The van der Waals surface area contributed by atoms with Crippen LogP contribution in [0.25, 0.3) is 21.3 Å². The van der Waals surface area contributed by atoms with Gasteiger partial charge < -0.3 is 9.57 Å². The second-order valence-corrected chi connectivity index (χ2v) is 6.12. The number of benzene rings is 2. The number of methoxy groups -OCH3 is 1. The first kappa shape index (κ1) is 14.6. The first-order valence-electron chi connectivity index (χ1n) is 7.16. The smallest absolute Gasteiger partial charge is 0.337 e. The van der Waals surface area contributed by atoms with Gasteiger partial charge in [-0.25, -0.2) is 9.78 Å². The number of fused-ring (bicyclic) bond motifs is 2. The van der Waals surface area contributed by atoms with Crippen molar-refractivity contribution in [1.29, 1.82) is 0 Å². The fourth-order valence-corrected chi connectivity index (χ4v) is 3.21. The molecular formula is C16H12N4O3S. The van der Waals surface area contributed by atoms with Gasteiger partial charge in [-0.1, -0.05) is 17.0 Å². The highest BCUT2D eigenvalue weighted by molar-refractivity contribution is 7.18. The van der Waals surface area contributed by atoms with E-state index in [2.05, 4.69) is 15.3 Å². The van der Waals surface area contributed by atoms with Crippen LogP contribution in [0.3, 0.4) is 0 Å². The molecule has 0 radical (unpaired) electrons. The summed E-state index contributed by atoms with van der Waals surface area (Å²) in [5.41, 5.74) is 2.58. The van der Waals surface area contributed by atoms with Crippen LogP contribution in [0.2, 0.25) is 0 Å². The minimum absolute atomic E-state index is 0.264. The normalized spacial score (nSPS) is 11.0. The maximum atomic E-state index is 11.6. The van der Waals surface area contributed by atoms with Gasteiger partial charge in [0.1, 0.15) is 16.0 Å². The van der Waals surface area contributed by atoms with E-state index in [1.54, 1.807) is 29.5 Å². The lowest BCUT2D eigenvalue weighted by Gasteiger charge is -2.04. The summed E-state index contributed by atoms with van der Waals surface area (Å²) < 4.78 is 5.83. The van der Waals surface area contributed by atoms with E-state index in [1.807, 2.05) is 24.3 Å². The van der Waals surface area contributed by atoms with E-state index in [0.717, 1.165) is 15.2 Å². The molecule has 4 aromatic rings. The van der Waals surface area contributed by atoms with E-state index < -0.39 is 5.97 Å². The quantitative estimate of drug-likeness (QED) is 0.531. The maximum absolute atomic E-state index is 11.6. The minimum atomic E-state index is -0.421. The summed E-state index contributed by atoms with van der Waals surface area (Å²) in [5.74, 6) is -0.421. The number of carbonyl (C=O) groups is 1. The summed E-state index contributed by atoms with van der Waals surface area (Å²) in [6.45, 7) is 0.264. The van der Waals surface area contributed by atoms with Crippen LogP contribution in [0.15, 0.2) is 42.5 Å². The average Bonchev–Trinajstić information content (AvgIpc) is 3.22. The molecule has 0 aliphatic heterocycles. The lowest BCUT2D eigenvalue weighted by Crippen LogP contribution is -2.13. The van der Waals surface area contributed by atoms with Crippen molar-refractivity contribution < 1.29 is 14.4 Å². The van der Waals surface area contributed by atoms with Crippen LogP contribution in [0.4, 0.5) is 0 Å². The number of carbonyl (C=O) groups excluding carboxylic acids is 1.